The number of carbonyl (C=O) groups excluding carboxylic acids is 3. The van der Waals surface area contributed by atoms with Crippen molar-refractivity contribution in [2.45, 2.75) is 70.0 Å². The zero-order valence-corrected chi connectivity index (χ0v) is 23.3. The zero-order valence-electron chi connectivity index (χ0n) is 22.5. The molecular weight excluding hydrogens is 518 g/mol. The SMILES string of the molecule is C/C(=N/OC(C)(C)C(=O)O)C(=O)N[C@H](C)[C@H]1C(=O)N2C(C(=O)O)=C(S[C@@H]3CN[C@H](C(=O)N(C)C)C3)[C@H](C)[C@H]12. The molecule has 0 aromatic carbocycles. The first-order chi connectivity index (χ1) is 17.6. The van der Waals surface area contributed by atoms with E-state index in [1.54, 1.807) is 21.0 Å². The van der Waals surface area contributed by atoms with E-state index in [1.165, 1.54) is 42.3 Å². The van der Waals surface area contributed by atoms with Gasteiger partial charge >= 0.3 is 11.9 Å². The maximum absolute atomic E-state index is 13.1. The molecule has 3 rings (SSSR count). The number of oxime groups is 1. The van der Waals surface area contributed by atoms with E-state index in [2.05, 4.69) is 15.8 Å². The van der Waals surface area contributed by atoms with Crippen molar-refractivity contribution < 1.29 is 39.0 Å². The fraction of sp³-hybridized carbons (Fsp3) is 0.667. The van der Waals surface area contributed by atoms with E-state index in [0.29, 0.717) is 17.9 Å². The van der Waals surface area contributed by atoms with Crippen LogP contribution < -0.4 is 10.6 Å². The predicted octanol–water partition coefficient (Wildman–Crippen LogP) is 0.0716. The van der Waals surface area contributed by atoms with Gasteiger partial charge in [0.1, 0.15) is 11.4 Å². The molecule has 2 fully saturated rings. The molecule has 0 aliphatic carbocycles. The highest BCUT2D eigenvalue weighted by atomic mass is 32.2. The first-order valence-corrected chi connectivity index (χ1v) is 13.1. The Morgan fingerprint density at radius 3 is 2.45 bits per heavy atom. The number of aliphatic carboxylic acids is 2. The number of β-lactam (4-membered cyclic amide) rings is 1. The minimum Gasteiger partial charge on any atom is -0.478 e. The zero-order chi connectivity index (χ0) is 28.7. The molecule has 6 atom stereocenters. The van der Waals surface area contributed by atoms with Gasteiger partial charge in [0.15, 0.2) is 0 Å². The number of likely N-dealkylation sites (N-methyl/N-ethyl adjacent to an activating group) is 1. The van der Waals surface area contributed by atoms with Crippen LogP contribution in [-0.2, 0) is 28.8 Å². The van der Waals surface area contributed by atoms with Crippen LogP contribution in [0.5, 0.6) is 0 Å². The lowest BCUT2D eigenvalue weighted by Crippen LogP contribution is -2.66. The molecule has 4 N–H and O–H groups in total. The predicted molar refractivity (Wildman–Crippen MR) is 138 cm³/mol. The van der Waals surface area contributed by atoms with Crippen molar-refractivity contribution in [3.8, 4) is 0 Å². The van der Waals surface area contributed by atoms with Crippen molar-refractivity contribution in [3.05, 3.63) is 10.6 Å². The minimum absolute atomic E-state index is 0.0333. The molecule has 2 saturated heterocycles. The Kier molecular flexibility index (Phi) is 8.46. The van der Waals surface area contributed by atoms with Crippen molar-refractivity contribution >= 4 is 47.1 Å². The fourth-order valence-electron chi connectivity index (χ4n) is 4.83. The Morgan fingerprint density at radius 1 is 1.26 bits per heavy atom. The van der Waals surface area contributed by atoms with Gasteiger partial charge in [0.25, 0.3) is 5.91 Å². The number of carboxylic acids is 2. The summed E-state index contributed by atoms with van der Waals surface area (Å²) >= 11 is 1.39. The van der Waals surface area contributed by atoms with Crippen LogP contribution in [0.25, 0.3) is 0 Å². The number of nitrogens with zero attached hydrogens (tertiary/aromatic N) is 3. The molecule has 0 saturated carbocycles. The first-order valence-electron chi connectivity index (χ1n) is 12.3. The molecule has 0 aromatic rings. The van der Waals surface area contributed by atoms with E-state index in [-0.39, 0.29) is 34.5 Å². The average Bonchev–Trinajstić information content (AvgIpc) is 3.38. The van der Waals surface area contributed by atoms with Crippen LogP contribution in [0.3, 0.4) is 0 Å². The summed E-state index contributed by atoms with van der Waals surface area (Å²) in [4.78, 5) is 69.8. The molecular formula is C24H35N5O8S. The van der Waals surface area contributed by atoms with Crippen molar-refractivity contribution in [2.75, 3.05) is 20.6 Å². The molecule has 3 amide bonds. The molecule has 0 bridgehead atoms. The van der Waals surface area contributed by atoms with Gasteiger partial charge in [-0.15, -0.1) is 11.8 Å². The second kappa shape index (κ2) is 10.9. The molecule has 0 radical (unpaired) electrons. The van der Waals surface area contributed by atoms with E-state index in [1.807, 2.05) is 6.92 Å². The van der Waals surface area contributed by atoms with E-state index in [9.17, 15) is 29.1 Å². The maximum Gasteiger partial charge on any atom is 0.353 e. The van der Waals surface area contributed by atoms with Crippen molar-refractivity contribution in [3.63, 3.8) is 0 Å². The van der Waals surface area contributed by atoms with Gasteiger partial charge in [0.05, 0.1) is 18.0 Å². The first kappa shape index (κ1) is 29.4. The van der Waals surface area contributed by atoms with Crippen LogP contribution in [0.15, 0.2) is 15.8 Å². The second-order valence-electron chi connectivity index (χ2n) is 10.5. The normalized spacial score (nSPS) is 28.0. The number of rotatable bonds is 10. The Balaban J connectivity index is 1.70. The average molecular weight is 554 g/mol. The van der Waals surface area contributed by atoms with E-state index in [0.717, 1.165) is 0 Å². The van der Waals surface area contributed by atoms with E-state index < -0.39 is 47.4 Å². The number of carboxylic acid groups (broad SMARTS) is 2. The summed E-state index contributed by atoms with van der Waals surface area (Å²) in [5, 5.41) is 28.5. The lowest BCUT2D eigenvalue weighted by molar-refractivity contribution is -0.161. The summed E-state index contributed by atoms with van der Waals surface area (Å²) in [5.74, 6) is -4.46. The van der Waals surface area contributed by atoms with Crippen LogP contribution in [-0.4, -0.2) is 105 Å². The van der Waals surface area contributed by atoms with Crippen LogP contribution in [0.1, 0.15) is 41.0 Å². The standard InChI is InChI=1S/C24H35N5O8S/c1-10-16-15(11(2)26-19(30)12(3)27-37-24(4,5)23(35)36)21(32)29(16)17(22(33)34)18(10)38-13-8-14(25-9-13)20(31)28(6)7/h10-11,13-16,25H,8-9H2,1-7H3,(H,26,30)(H,33,34)(H,35,36)/b27-12-/t10-,11-,13+,14+,15-,16-/m1/s1. The number of hydrogen-bond donors (Lipinski definition) is 4. The highest BCUT2D eigenvalue weighted by molar-refractivity contribution is 8.03. The van der Waals surface area contributed by atoms with Crippen molar-refractivity contribution in [2.24, 2.45) is 17.0 Å². The molecule has 3 aliphatic heterocycles. The third kappa shape index (κ3) is 5.51. The van der Waals surface area contributed by atoms with Crippen LogP contribution in [0.4, 0.5) is 0 Å². The van der Waals surface area contributed by atoms with Gasteiger partial charge in [0, 0.05) is 42.8 Å². The number of carbonyl (C=O) groups is 5. The molecule has 14 heteroatoms. The molecule has 3 aliphatic rings. The number of amides is 3. The van der Waals surface area contributed by atoms with Gasteiger partial charge in [-0.1, -0.05) is 12.1 Å². The second-order valence-corrected chi connectivity index (χ2v) is 11.9. The van der Waals surface area contributed by atoms with Gasteiger partial charge in [-0.3, -0.25) is 14.4 Å². The fourth-order valence-corrected chi connectivity index (χ4v) is 6.31. The summed E-state index contributed by atoms with van der Waals surface area (Å²) in [6.45, 7) is 8.00. The molecule has 0 aromatic heterocycles. The Morgan fingerprint density at radius 2 is 1.89 bits per heavy atom. The third-order valence-electron chi connectivity index (χ3n) is 7.07. The van der Waals surface area contributed by atoms with Crippen LogP contribution in [0, 0.1) is 11.8 Å². The lowest BCUT2D eigenvalue weighted by Gasteiger charge is -2.47. The Bertz CT molecular complexity index is 1100. The molecule has 0 spiro atoms. The smallest absolute Gasteiger partial charge is 0.353 e. The van der Waals surface area contributed by atoms with Crippen molar-refractivity contribution in [1.82, 2.24) is 20.4 Å². The lowest BCUT2D eigenvalue weighted by atomic mass is 9.78. The van der Waals surface area contributed by atoms with Crippen LogP contribution >= 0.6 is 11.8 Å². The Labute approximate surface area is 225 Å². The summed E-state index contributed by atoms with van der Waals surface area (Å²) in [7, 11) is 3.37. The maximum atomic E-state index is 13.1. The minimum atomic E-state index is -1.63. The third-order valence-corrected chi connectivity index (χ3v) is 8.58. The summed E-state index contributed by atoms with van der Waals surface area (Å²) in [5.41, 5.74) is -1.79. The molecule has 210 valence electrons. The quantitative estimate of drug-likeness (QED) is 0.164. The topological polar surface area (TPSA) is 178 Å². The van der Waals surface area contributed by atoms with Crippen molar-refractivity contribution in [1.29, 1.82) is 0 Å². The van der Waals surface area contributed by atoms with E-state index in [4.69, 9.17) is 9.94 Å². The van der Waals surface area contributed by atoms with Crippen LogP contribution in [0.2, 0.25) is 0 Å². The van der Waals surface area contributed by atoms with E-state index >= 15 is 0 Å². The summed E-state index contributed by atoms with van der Waals surface area (Å²) < 4.78 is 0. The number of fused-ring (bicyclic) bond motifs is 1. The Hall–Kier alpha value is -3.13. The van der Waals surface area contributed by atoms with Gasteiger partial charge in [-0.2, -0.15) is 0 Å². The molecule has 13 nitrogen and oxygen atoms in total. The van der Waals surface area contributed by atoms with Gasteiger partial charge < -0.3 is 35.5 Å². The van der Waals surface area contributed by atoms with Gasteiger partial charge in [0.2, 0.25) is 17.4 Å². The van der Waals surface area contributed by atoms with Gasteiger partial charge in [-0.25, -0.2) is 9.59 Å². The highest BCUT2D eigenvalue weighted by Gasteiger charge is 2.60. The summed E-state index contributed by atoms with van der Waals surface area (Å²) in [6.07, 6.45) is 0.540. The monoisotopic (exact) mass is 553 g/mol. The number of thioether (sulfide) groups is 1. The van der Waals surface area contributed by atoms with Gasteiger partial charge in [-0.05, 0) is 34.1 Å². The largest absolute Gasteiger partial charge is 0.478 e. The summed E-state index contributed by atoms with van der Waals surface area (Å²) in [6, 6.07) is -1.44. The number of nitrogens with one attached hydrogen (secondary N) is 2. The number of hydrogen-bond acceptors (Lipinski definition) is 9. The molecule has 38 heavy (non-hydrogen) atoms. The molecule has 0 unspecified atom stereocenters. The highest BCUT2D eigenvalue weighted by Crippen LogP contribution is 2.51. The molecule has 3 heterocycles.